The van der Waals surface area contributed by atoms with E-state index in [1.54, 1.807) is 42.4 Å². The molecule has 0 saturated heterocycles. The van der Waals surface area contributed by atoms with E-state index in [0.717, 1.165) is 24.0 Å². The number of amides is 2. The second-order valence-electron chi connectivity index (χ2n) is 8.86. The molecule has 35 heavy (non-hydrogen) atoms. The van der Waals surface area contributed by atoms with Crippen molar-refractivity contribution < 1.29 is 19.8 Å². The molecule has 2 rings (SSSR count). The third kappa shape index (κ3) is 8.94. The van der Waals surface area contributed by atoms with Gasteiger partial charge in [0.05, 0.1) is 12.1 Å². The molecule has 0 aliphatic rings. The third-order valence-corrected chi connectivity index (χ3v) is 6.45. The van der Waals surface area contributed by atoms with Crippen molar-refractivity contribution in [1.82, 2.24) is 15.2 Å². The molecular formula is C27H39N3O4S. The van der Waals surface area contributed by atoms with Gasteiger partial charge in [0.25, 0.3) is 11.8 Å². The first-order valence-electron chi connectivity index (χ1n) is 12.3. The Bertz CT molecular complexity index is 935. The van der Waals surface area contributed by atoms with Crippen molar-refractivity contribution in [2.24, 2.45) is 0 Å². The van der Waals surface area contributed by atoms with Crippen LogP contribution in [0.5, 0.6) is 0 Å². The lowest BCUT2D eigenvalue weighted by atomic mass is 9.96. The highest BCUT2D eigenvalue weighted by Crippen LogP contribution is 2.16. The summed E-state index contributed by atoms with van der Waals surface area (Å²) in [4.78, 5) is 32.2. The van der Waals surface area contributed by atoms with Crippen molar-refractivity contribution in [3.8, 4) is 0 Å². The highest BCUT2D eigenvalue weighted by Gasteiger charge is 2.28. The molecule has 1 heterocycles. The van der Waals surface area contributed by atoms with Gasteiger partial charge >= 0.3 is 0 Å². The number of benzene rings is 1. The number of hydrogen-bond acceptors (Lipinski definition) is 6. The van der Waals surface area contributed by atoms with E-state index in [1.807, 2.05) is 44.1 Å². The molecule has 0 spiro atoms. The van der Waals surface area contributed by atoms with Crippen molar-refractivity contribution in [2.45, 2.75) is 64.7 Å². The number of aliphatic hydroxyl groups is 2. The van der Waals surface area contributed by atoms with Crippen LogP contribution < -0.4 is 5.32 Å². The molecule has 3 atom stereocenters. The number of aromatic nitrogens is 1. The third-order valence-electron chi connectivity index (χ3n) is 5.81. The Morgan fingerprint density at radius 2 is 1.69 bits per heavy atom. The lowest BCUT2D eigenvalue weighted by Crippen LogP contribution is -2.50. The number of nitrogens with one attached hydrogen (secondary N) is 1. The van der Waals surface area contributed by atoms with Crippen molar-refractivity contribution in [2.75, 3.05) is 25.1 Å². The van der Waals surface area contributed by atoms with Crippen LogP contribution in [0.2, 0.25) is 0 Å². The summed E-state index contributed by atoms with van der Waals surface area (Å²) in [6.07, 6.45) is 5.60. The van der Waals surface area contributed by atoms with E-state index < -0.39 is 24.2 Å². The van der Waals surface area contributed by atoms with Crippen molar-refractivity contribution in [3.05, 3.63) is 65.0 Å². The van der Waals surface area contributed by atoms with Gasteiger partial charge in [-0.2, -0.15) is 11.8 Å². The van der Waals surface area contributed by atoms with Crippen LogP contribution in [0.25, 0.3) is 0 Å². The topological polar surface area (TPSA) is 103 Å². The van der Waals surface area contributed by atoms with Crippen LogP contribution in [0.1, 0.15) is 65.0 Å². The molecular weight excluding hydrogens is 462 g/mol. The summed E-state index contributed by atoms with van der Waals surface area (Å²) in [7, 11) is 0. The fourth-order valence-electron chi connectivity index (χ4n) is 4.03. The fraction of sp³-hybridized carbons (Fsp3) is 0.519. The normalized spacial score (nSPS) is 13.7. The molecule has 0 fully saturated rings. The first kappa shape index (κ1) is 28.8. The molecule has 8 heteroatoms. The quantitative estimate of drug-likeness (QED) is 0.366. The van der Waals surface area contributed by atoms with Gasteiger partial charge in [-0.25, -0.2) is 0 Å². The Morgan fingerprint density at radius 3 is 2.29 bits per heavy atom. The predicted octanol–water partition coefficient (Wildman–Crippen LogP) is 3.47. The van der Waals surface area contributed by atoms with Crippen LogP contribution in [0.15, 0.2) is 42.7 Å². The molecule has 0 aliphatic carbocycles. The molecule has 192 valence electrons. The van der Waals surface area contributed by atoms with Crippen LogP contribution in [-0.4, -0.2) is 75.3 Å². The van der Waals surface area contributed by atoms with Gasteiger partial charge in [-0.05, 0) is 86.1 Å². The Kier molecular flexibility index (Phi) is 12.2. The molecule has 2 aromatic rings. The Hall–Kier alpha value is -2.42. The maximum atomic E-state index is 13.3. The maximum absolute atomic E-state index is 13.3. The maximum Gasteiger partial charge on any atom is 0.253 e. The second kappa shape index (κ2) is 14.9. The van der Waals surface area contributed by atoms with Crippen LogP contribution >= 0.6 is 11.8 Å². The van der Waals surface area contributed by atoms with Gasteiger partial charge in [0.1, 0.15) is 6.10 Å². The minimum atomic E-state index is -1.14. The van der Waals surface area contributed by atoms with Gasteiger partial charge < -0.3 is 20.4 Å². The fourth-order valence-corrected chi connectivity index (χ4v) is 4.51. The average Bonchev–Trinajstić information content (AvgIpc) is 2.86. The number of aryl methyl sites for hydroxylation is 1. The summed E-state index contributed by atoms with van der Waals surface area (Å²) < 4.78 is 0. The van der Waals surface area contributed by atoms with Crippen molar-refractivity contribution in [3.63, 3.8) is 0 Å². The molecule has 0 saturated carbocycles. The lowest BCUT2D eigenvalue weighted by molar-refractivity contribution is -0.00406. The van der Waals surface area contributed by atoms with Crippen molar-refractivity contribution in [1.29, 1.82) is 0 Å². The predicted molar refractivity (Wildman–Crippen MR) is 142 cm³/mol. The van der Waals surface area contributed by atoms with E-state index in [1.165, 1.54) is 0 Å². The standard InChI is InChI=1S/C27H39N3O4S/c1-5-12-30(13-6-2)27(34)22-16-19(3)15-21(18-22)26(33)29-23(17-20-7-10-28-11-8-20)25(32)24(31)9-14-35-4/h7-8,10-11,15-16,18,23-25,31-32H,5-6,9,12-14,17H2,1-4H3,(H,29,33). The van der Waals surface area contributed by atoms with E-state index in [2.05, 4.69) is 10.3 Å². The number of nitrogens with zero attached hydrogens (tertiary/aromatic N) is 2. The summed E-state index contributed by atoms with van der Waals surface area (Å²) >= 11 is 1.59. The van der Waals surface area contributed by atoms with E-state index in [4.69, 9.17) is 0 Å². The Balaban J connectivity index is 2.28. The number of aliphatic hydroxyl groups excluding tert-OH is 2. The number of rotatable bonds is 14. The number of pyridine rings is 1. The van der Waals surface area contributed by atoms with Gasteiger partial charge in [0.15, 0.2) is 0 Å². The number of carbonyl (C=O) groups excluding carboxylic acids is 2. The zero-order valence-corrected chi connectivity index (χ0v) is 22.1. The molecule has 0 bridgehead atoms. The smallest absolute Gasteiger partial charge is 0.253 e. The Morgan fingerprint density at radius 1 is 1.06 bits per heavy atom. The van der Waals surface area contributed by atoms with E-state index in [9.17, 15) is 19.8 Å². The monoisotopic (exact) mass is 501 g/mol. The zero-order chi connectivity index (χ0) is 25.8. The first-order chi connectivity index (χ1) is 16.8. The van der Waals surface area contributed by atoms with Gasteiger partial charge in [-0.3, -0.25) is 14.6 Å². The second-order valence-corrected chi connectivity index (χ2v) is 9.84. The summed E-state index contributed by atoms with van der Waals surface area (Å²) in [6, 6.07) is 8.07. The van der Waals surface area contributed by atoms with Crippen LogP contribution in [-0.2, 0) is 6.42 Å². The van der Waals surface area contributed by atoms with Gasteiger partial charge in [0, 0.05) is 36.6 Å². The van der Waals surface area contributed by atoms with Crippen LogP contribution in [0, 0.1) is 6.92 Å². The summed E-state index contributed by atoms with van der Waals surface area (Å²) in [5.74, 6) is 0.214. The van der Waals surface area contributed by atoms with Gasteiger partial charge in [-0.15, -0.1) is 0 Å². The van der Waals surface area contributed by atoms with Crippen molar-refractivity contribution >= 4 is 23.6 Å². The van der Waals surface area contributed by atoms with Crippen LogP contribution in [0.3, 0.4) is 0 Å². The highest BCUT2D eigenvalue weighted by molar-refractivity contribution is 7.98. The first-order valence-corrected chi connectivity index (χ1v) is 13.7. The molecule has 1 aromatic carbocycles. The molecule has 2 amide bonds. The molecule has 3 N–H and O–H groups in total. The minimum Gasteiger partial charge on any atom is -0.390 e. The summed E-state index contributed by atoms with van der Waals surface area (Å²) in [5.41, 5.74) is 2.52. The van der Waals surface area contributed by atoms with E-state index in [0.29, 0.717) is 42.8 Å². The van der Waals surface area contributed by atoms with Gasteiger partial charge in [-0.1, -0.05) is 13.8 Å². The zero-order valence-electron chi connectivity index (χ0n) is 21.2. The Labute approximate surface area is 213 Å². The van der Waals surface area contributed by atoms with E-state index >= 15 is 0 Å². The summed E-state index contributed by atoms with van der Waals surface area (Å²) in [5, 5.41) is 24.3. The molecule has 0 aliphatic heterocycles. The summed E-state index contributed by atoms with van der Waals surface area (Å²) in [6.45, 7) is 7.25. The van der Waals surface area contributed by atoms with Crippen LogP contribution in [0.4, 0.5) is 0 Å². The van der Waals surface area contributed by atoms with E-state index in [-0.39, 0.29) is 5.91 Å². The highest BCUT2D eigenvalue weighted by atomic mass is 32.2. The number of carbonyl (C=O) groups is 2. The SMILES string of the molecule is CCCN(CCC)C(=O)c1cc(C)cc(C(=O)NC(Cc2ccncc2)C(O)C(O)CCSC)c1. The molecule has 1 aromatic heterocycles. The number of thioether (sulfide) groups is 1. The largest absolute Gasteiger partial charge is 0.390 e. The van der Waals surface area contributed by atoms with Gasteiger partial charge in [0.2, 0.25) is 0 Å². The molecule has 0 radical (unpaired) electrons. The minimum absolute atomic E-state index is 0.0905. The molecule has 3 unspecified atom stereocenters. The molecule has 7 nitrogen and oxygen atoms in total. The lowest BCUT2D eigenvalue weighted by Gasteiger charge is -2.28. The number of hydrogen-bond donors (Lipinski definition) is 3. The average molecular weight is 502 g/mol.